The van der Waals surface area contributed by atoms with Crippen LogP contribution in [-0.4, -0.2) is 15.6 Å². The zero-order valence-electron chi connectivity index (χ0n) is 14.4. The summed E-state index contributed by atoms with van der Waals surface area (Å²) in [6.45, 7) is 6.35. The van der Waals surface area contributed by atoms with Crippen molar-refractivity contribution in [2.75, 3.05) is 0 Å². The predicted octanol–water partition coefficient (Wildman–Crippen LogP) is 5.36. The first kappa shape index (κ1) is 17.3. The van der Waals surface area contributed by atoms with Gasteiger partial charge in [-0.15, -0.1) is 0 Å². The monoisotopic (exact) mass is 313 g/mol. The molecule has 1 unspecified atom stereocenters. The molecule has 2 rings (SSSR count). The van der Waals surface area contributed by atoms with E-state index < -0.39 is 5.97 Å². The van der Waals surface area contributed by atoms with Crippen LogP contribution < -0.4 is 0 Å². The van der Waals surface area contributed by atoms with Gasteiger partial charge in [-0.25, -0.2) is 4.79 Å². The Hall–Kier alpha value is -2.03. The lowest BCUT2D eigenvalue weighted by atomic mass is 10.0. The summed E-state index contributed by atoms with van der Waals surface area (Å²) in [5.74, 6) is -0.878. The molecular weight excluding hydrogens is 286 g/mol. The van der Waals surface area contributed by atoms with Crippen molar-refractivity contribution >= 4 is 16.9 Å². The second-order valence-electron chi connectivity index (χ2n) is 6.33. The van der Waals surface area contributed by atoms with E-state index in [1.807, 2.05) is 6.92 Å². The molecule has 0 saturated heterocycles. The lowest BCUT2D eigenvalue weighted by Crippen LogP contribution is -2.06. The predicted molar refractivity (Wildman–Crippen MR) is 95.9 cm³/mol. The number of nitrogens with zero attached hydrogens (tertiary/aromatic N) is 1. The van der Waals surface area contributed by atoms with Crippen LogP contribution in [0.2, 0.25) is 0 Å². The van der Waals surface area contributed by atoms with E-state index in [2.05, 4.69) is 48.9 Å². The van der Waals surface area contributed by atoms with Crippen LogP contribution in [0.3, 0.4) is 0 Å². The zero-order valence-corrected chi connectivity index (χ0v) is 14.4. The number of benzene rings is 1. The largest absolute Gasteiger partial charge is 0.478 e. The van der Waals surface area contributed by atoms with Gasteiger partial charge in [0.1, 0.15) is 0 Å². The number of fused-ring (bicyclic) bond motifs is 1. The lowest BCUT2D eigenvalue weighted by Gasteiger charge is -2.18. The first-order chi connectivity index (χ1) is 11.0. The van der Waals surface area contributed by atoms with Gasteiger partial charge in [0, 0.05) is 23.8 Å². The average Bonchev–Trinajstić information content (AvgIpc) is 2.90. The van der Waals surface area contributed by atoms with Crippen LogP contribution in [0.4, 0.5) is 0 Å². The number of carbonyl (C=O) groups is 1. The van der Waals surface area contributed by atoms with Crippen LogP contribution in [-0.2, 0) is 11.2 Å². The minimum absolute atomic E-state index is 0.562. The third-order valence-electron chi connectivity index (χ3n) is 4.39. The Kier molecular flexibility index (Phi) is 6.03. The normalized spacial score (nSPS) is 13.4. The number of rotatable bonds is 8. The molecule has 0 aliphatic carbocycles. The highest BCUT2D eigenvalue weighted by Crippen LogP contribution is 2.27. The number of unbranched alkanes of at least 4 members (excludes halogenated alkanes) is 1. The molecule has 1 atom stereocenters. The maximum atomic E-state index is 10.7. The van der Waals surface area contributed by atoms with Gasteiger partial charge in [0.15, 0.2) is 0 Å². The number of carboxylic acids is 1. The highest BCUT2D eigenvalue weighted by atomic mass is 16.4. The molecule has 2 aromatic rings. The van der Waals surface area contributed by atoms with E-state index >= 15 is 0 Å². The van der Waals surface area contributed by atoms with Crippen LogP contribution in [0.15, 0.2) is 42.1 Å². The van der Waals surface area contributed by atoms with E-state index in [1.165, 1.54) is 36.2 Å². The zero-order chi connectivity index (χ0) is 16.8. The summed E-state index contributed by atoms with van der Waals surface area (Å²) in [4.78, 5) is 10.7. The van der Waals surface area contributed by atoms with Gasteiger partial charge in [-0.2, -0.15) is 0 Å². The third kappa shape index (κ3) is 4.47. The fraction of sp³-hybridized carbons (Fsp3) is 0.450. The van der Waals surface area contributed by atoms with E-state index in [9.17, 15) is 4.79 Å². The molecule has 0 saturated carbocycles. The fourth-order valence-corrected chi connectivity index (χ4v) is 3.21. The molecule has 124 valence electrons. The van der Waals surface area contributed by atoms with Crippen molar-refractivity contribution in [3.05, 3.63) is 47.7 Å². The summed E-state index contributed by atoms with van der Waals surface area (Å²) in [5, 5.41) is 10.1. The van der Waals surface area contributed by atoms with Crippen LogP contribution in [0.5, 0.6) is 0 Å². The van der Waals surface area contributed by atoms with Gasteiger partial charge < -0.3 is 9.67 Å². The number of allylic oxidation sites excluding steroid dienone is 1. The van der Waals surface area contributed by atoms with Gasteiger partial charge in [0.25, 0.3) is 0 Å². The summed E-state index contributed by atoms with van der Waals surface area (Å²) in [7, 11) is 0. The molecule has 0 spiro atoms. The first-order valence-electron chi connectivity index (χ1n) is 8.54. The van der Waals surface area contributed by atoms with E-state index in [4.69, 9.17) is 5.11 Å². The molecule has 0 aliphatic rings. The molecule has 0 amide bonds. The van der Waals surface area contributed by atoms with Gasteiger partial charge in [-0.3, -0.25) is 0 Å². The van der Waals surface area contributed by atoms with Crippen molar-refractivity contribution in [2.45, 2.75) is 58.9 Å². The summed E-state index contributed by atoms with van der Waals surface area (Å²) >= 11 is 0. The molecule has 3 heteroatoms. The number of carboxylic acid groups (broad SMARTS) is 1. The minimum atomic E-state index is -0.878. The Morgan fingerprint density at radius 1 is 1.30 bits per heavy atom. The highest BCUT2D eigenvalue weighted by Gasteiger charge is 2.11. The van der Waals surface area contributed by atoms with Crippen LogP contribution in [0.1, 0.15) is 58.1 Å². The minimum Gasteiger partial charge on any atom is -0.478 e. The van der Waals surface area contributed by atoms with Crippen molar-refractivity contribution in [3.8, 4) is 0 Å². The molecule has 1 aromatic carbocycles. The van der Waals surface area contributed by atoms with Crippen molar-refractivity contribution in [1.29, 1.82) is 0 Å². The summed E-state index contributed by atoms with van der Waals surface area (Å²) < 4.78 is 2.40. The molecular formula is C20H27NO2. The smallest absolute Gasteiger partial charge is 0.328 e. The number of hydrogen-bond acceptors (Lipinski definition) is 1. The Morgan fingerprint density at radius 2 is 2.09 bits per heavy atom. The Labute approximate surface area is 138 Å². The van der Waals surface area contributed by atoms with E-state index in [1.54, 1.807) is 0 Å². The van der Waals surface area contributed by atoms with E-state index in [0.29, 0.717) is 12.5 Å². The van der Waals surface area contributed by atoms with Gasteiger partial charge in [-0.1, -0.05) is 38.3 Å². The van der Waals surface area contributed by atoms with Crippen molar-refractivity contribution in [3.63, 3.8) is 0 Å². The molecule has 0 radical (unpaired) electrons. The highest BCUT2D eigenvalue weighted by molar-refractivity contribution is 5.82. The lowest BCUT2D eigenvalue weighted by molar-refractivity contribution is -0.131. The molecule has 1 heterocycles. The molecule has 3 nitrogen and oxygen atoms in total. The van der Waals surface area contributed by atoms with Gasteiger partial charge in [-0.05, 0) is 55.3 Å². The summed E-state index contributed by atoms with van der Waals surface area (Å²) in [6, 6.07) is 9.20. The Morgan fingerprint density at radius 3 is 2.74 bits per heavy atom. The number of hydrogen-bond donors (Lipinski definition) is 1. The fourth-order valence-electron chi connectivity index (χ4n) is 3.21. The van der Waals surface area contributed by atoms with Crippen molar-refractivity contribution in [2.24, 2.45) is 0 Å². The van der Waals surface area contributed by atoms with Gasteiger partial charge in [0.05, 0.1) is 0 Å². The number of aliphatic carboxylic acids is 1. The molecule has 0 bridgehead atoms. The third-order valence-corrected chi connectivity index (χ3v) is 4.39. The molecule has 1 N–H and O–H groups in total. The number of aromatic nitrogens is 1. The van der Waals surface area contributed by atoms with Gasteiger partial charge in [0.2, 0.25) is 0 Å². The summed E-state index contributed by atoms with van der Waals surface area (Å²) in [5.41, 5.74) is 3.30. The molecule has 23 heavy (non-hydrogen) atoms. The molecule has 0 aliphatic heterocycles. The second-order valence-corrected chi connectivity index (χ2v) is 6.33. The SMILES string of the molecule is CCCCC(CC)n1ccc2cc(CC(C)=CC(=O)O)ccc21. The Bertz CT molecular complexity index is 697. The van der Waals surface area contributed by atoms with Crippen molar-refractivity contribution < 1.29 is 9.90 Å². The van der Waals surface area contributed by atoms with Crippen molar-refractivity contribution in [1.82, 2.24) is 4.57 Å². The van der Waals surface area contributed by atoms with E-state index in [-0.39, 0.29) is 0 Å². The average molecular weight is 313 g/mol. The molecule has 1 aromatic heterocycles. The quantitative estimate of drug-likeness (QED) is 0.667. The van der Waals surface area contributed by atoms with Crippen LogP contribution in [0, 0.1) is 0 Å². The van der Waals surface area contributed by atoms with Crippen LogP contribution >= 0.6 is 0 Å². The maximum Gasteiger partial charge on any atom is 0.328 e. The maximum absolute atomic E-state index is 10.7. The Balaban J connectivity index is 2.24. The second kappa shape index (κ2) is 8.00. The summed E-state index contributed by atoms with van der Waals surface area (Å²) in [6.07, 6.45) is 9.02. The standard InChI is InChI=1S/C20H27NO2/c1-4-6-7-18(5-2)21-11-10-17-14-16(8-9-19(17)21)12-15(3)13-20(22)23/h8-11,13-14,18H,4-7,12H2,1-3H3,(H,22,23). The van der Waals surface area contributed by atoms with Crippen LogP contribution in [0.25, 0.3) is 10.9 Å². The van der Waals surface area contributed by atoms with Gasteiger partial charge >= 0.3 is 5.97 Å². The first-order valence-corrected chi connectivity index (χ1v) is 8.54. The van der Waals surface area contributed by atoms with E-state index in [0.717, 1.165) is 17.6 Å². The topological polar surface area (TPSA) is 42.2 Å². The molecule has 0 fully saturated rings.